The zero-order valence-electron chi connectivity index (χ0n) is 11.6. The first kappa shape index (κ1) is 16.0. The van der Waals surface area contributed by atoms with Gasteiger partial charge in [0.25, 0.3) is 0 Å². The van der Waals surface area contributed by atoms with Crippen molar-refractivity contribution in [1.82, 2.24) is 5.32 Å². The number of carbonyl (C=O) groups is 2. The number of carboxylic acids is 1. The summed E-state index contributed by atoms with van der Waals surface area (Å²) in [6.07, 6.45) is 8.34. The van der Waals surface area contributed by atoms with Crippen molar-refractivity contribution < 1.29 is 14.7 Å². The first-order chi connectivity index (χ1) is 9.02. The number of rotatable bonds is 9. The number of carboxylic acid groups (broad SMARTS) is 1. The molecule has 0 radical (unpaired) electrons. The van der Waals surface area contributed by atoms with Crippen LogP contribution in [0.15, 0.2) is 0 Å². The molecule has 110 valence electrons. The standard InChI is InChI=1S/C14H26N2O3/c15-14(8-4-5-9-14)11-12(17)16-10-6-2-1-3-7-13(18)19/h1-11,15H2,(H,16,17)(H,18,19). The van der Waals surface area contributed by atoms with Crippen LogP contribution in [0.2, 0.25) is 0 Å². The second-order valence-corrected chi connectivity index (χ2v) is 5.65. The Balaban J connectivity index is 1.97. The monoisotopic (exact) mass is 270 g/mol. The van der Waals surface area contributed by atoms with Crippen LogP contribution in [0, 0.1) is 0 Å². The van der Waals surface area contributed by atoms with E-state index in [0.29, 0.717) is 13.0 Å². The average Bonchev–Trinajstić information content (AvgIpc) is 2.74. The molecule has 4 N–H and O–H groups in total. The van der Waals surface area contributed by atoms with Crippen molar-refractivity contribution in [3.63, 3.8) is 0 Å². The largest absolute Gasteiger partial charge is 0.481 e. The molecule has 0 bridgehead atoms. The molecule has 0 spiro atoms. The predicted molar refractivity (Wildman–Crippen MR) is 73.7 cm³/mol. The lowest BCUT2D eigenvalue weighted by molar-refractivity contribution is -0.137. The number of carbonyl (C=O) groups excluding carboxylic acids is 1. The number of nitrogens with one attached hydrogen (secondary N) is 1. The molecule has 1 saturated carbocycles. The molecule has 0 atom stereocenters. The molecule has 0 aromatic carbocycles. The summed E-state index contributed by atoms with van der Waals surface area (Å²) in [5.74, 6) is -0.687. The van der Waals surface area contributed by atoms with Gasteiger partial charge in [0.05, 0.1) is 0 Å². The molecule has 1 aliphatic carbocycles. The fourth-order valence-electron chi connectivity index (χ4n) is 2.62. The van der Waals surface area contributed by atoms with E-state index in [0.717, 1.165) is 51.4 Å². The summed E-state index contributed by atoms with van der Waals surface area (Å²) in [5, 5.41) is 11.4. The summed E-state index contributed by atoms with van der Waals surface area (Å²) in [7, 11) is 0. The Morgan fingerprint density at radius 2 is 1.74 bits per heavy atom. The minimum absolute atomic E-state index is 0.0509. The van der Waals surface area contributed by atoms with Gasteiger partial charge >= 0.3 is 5.97 Å². The smallest absolute Gasteiger partial charge is 0.303 e. The second-order valence-electron chi connectivity index (χ2n) is 5.65. The maximum absolute atomic E-state index is 11.7. The molecule has 0 saturated heterocycles. The van der Waals surface area contributed by atoms with Crippen LogP contribution in [0.5, 0.6) is 0 Å². The number of hydrogen-bond acceptors (Lipinski definition) is 3. The Kier molecular flexibility index (Phi) is 6.84. The minimum Gasteiger partial charge on any atom is -0.481 e. The average molecular weight is 270 g/mol. The van der Waals surface area contributed by atoms with Crippen LogP contribution in [-0.2, 0) is 9.59 Å². The lowest BCUT2D eigenvalue weighted by atomic mass is 9.94. The fraction of sp³-hybridized carbons (Fsp3) is 0.857. The molecule has 0 aromatic rings. The quantitative estimate of drug-likeness (QED) is 0.557. The highest BCUT2D eigenvalue weighted by atomic mass is 16.4. The Morgan fingerprint density at radius 3 is 2.37 bits per heavy atom. The van der Waals surface area contributed by atoms with E-state index in [9.17, 15) is 9.59 Å². The van der Waals surface area contributed by atoms with Crippen molar-refractivity contribution in [2.75, 3.05) is 6.54 Å². The number of amides is 1. The molecule has 0 aromatic heterocycles. The molecular weight excluding hydrogens is 244 g/mol. The molecule has 5 heteroatoms. The summed E-state index contributed by atoms with van der Waals surface area (Å²) in [5.41, 5.74) is 5.87. The van der Waals surface area contributed by atoms with Gasteiger partial charge in [-0.15, -0.1) is 0 Å². The topological polar surface area (TPSA) is 92.4 Å². The molecular formula is C14H26N2O3. The lowest BCUT2D eigenvalue weighted by Crippen LogP contribution is -2.42. The van der Waals surface area contributed by atoms with Gasteiger partial charge < -0.3 is 16.2 Å². The molecule has 1 aliphatic rings. The number of hydrogen-bond donors (Lipinski definition) is 3. The van der Waals surface area contributed by atoms with E-state index >= 15 is 0 Å². The van der Waals surface area contributed by atoms with E-state index in [2.05, 4.69) is 5.32 Å². The van der Waals surface area contributed by atoms with Crippen molar-refractivity contribution in [3.05, 3.63) is 0 Å². The van der Waals surface area contributed by atoms with Crippen molar-refractivity contribution >= 4 is 11.9 Å². The van der Waals surface area contributed by atoms with E-state index in [-0.39, 0.29) is 17.9 Å². The highest BCUT2D eigenvalue weighted by Crippen LogP contribution is 2.29. The predicted octanol–water partition coefficient (Wildman–Crippen LogP) is 1.80. The number of aliphatic carboxylic acids is 1. The van der Waals surface area contributed by atoms with Crippen LogP contribution >= 0.6 is 0 Å². The van der Waals surface area contributed by atoms with Gasteiger partial charge in [0.1, 0.15) is 0 Å². The van der Waals surface area contributed by atoms with Crippen molar-refractivity contribution in [2.45, 2.75) is 69.7 Å². The maximum atomic E-state index is 11.7. The summed E-state index contributed by atoms with van der Waals surface area (Å²) >= 11 is 0. The number of nitrogens with two attached hydrogens (primary N) is 1. The van der Waals surface area contributed by atoms with Gasteiger partial charge in [-0.05, 0) is 25.7 Å². The third-order valence-electron chi connectivity index (χ3n) is 3.75. The van der Waals surface area contributed by atoms with E-state index < -0.39 is 5.97 Å². The van der Waals surface area contributed by atoms with Crippen LogP contribution in [0.25, 0.3) is 0 Å². The zero-order valence-corrected chi connectivity index (χ0v) is 11.6. The van der Waals surface area contributed by atoms with E-state index in [1.165, 1.54) is 0 Å². The van der Waals surface area contributed by atoms with Crippen LogP contribution < -0.4 is 11.1 Å². The molecule has 1 rings (SSSR count). The van der Waals surface area contributed by atoms with Crippen LogP contribution in [0.1, 0.15) is 64.2 Å². The van der Waals surface area contributed by atoms with Gasteiger partial charge in [0.15, 0.2) is 0 Å². The highest BCUT2D eigenvalue weighted by Gasteiger charge is 2.31. The van der Waals surface area contributed by atoms with Crippen molar-refractivity contribution in [3.8, 4) is 0 Å². The summed E-state index contributed by atoms with van der Waals surface area (Å²) in [4.78, 5) is 22.0. The molecule has 0 heterocycles. The van der Waals surface area contributed by atoms with Gasteiger partial charge in [-0.2, -0.15) is 0 Å². The van der Waals surface area contributed by atoms with Crippen LogP contribution in [-0.4, -0.2) is 29.1 Å². The molecule has 1 fully saturated rings. The third kappa shape index (κ3) is 7.15. The zero-order chi connectivity index (χ0) is 14.1. The number of unbranched alkanes of at least 4 members (excludes halogenated alkanes) is 3. The Labute approximate surface area is 114 Å². The van der Waals surface area contributed by atoms with Crippen molar-refractivity contribution in [1.29, 1.82) is 0 Å². The van der Waals surface area contributed by atoms with Crippen LogP contribution in [0.4, 0.5) is 0 Å². The summed E-state index contributed by atoms with van der Waals surface area (Å²) < 4.78 is 0. The van der Waals surface area contributed by atoms with E-state index in [1.54, 1.807) is 0 Å². The Bertz CT molecular complexity index is 299. The van der Waals surface area contributed by atoms with Gasteiger partial charge in [-0.3, -0.25) is 9.59 Å². The van der Waals surface area contributed by atoms with E-state index in [1.807, 2.05) is 0 Å². The minimum atomic E-state index is -0.738. The summed E-state index contributed by atoms with van der Waals surface area (Å²) in [6.45, 7) is 0.669. The summed E-state index contributed by atoms with van der Waals surface area (Å²) in [6, 6.07) is 0. The SMILES string of the molecule is NC1(CC(=O)NCCCCCCC(=O)O)CCCC1. The van der Waals surface area contributed by atoms with Gasteiger partial charge in [-0.25, -0.2) is 0 Å². The maximum Gasteiger partial charge on any atom is 0.303 e. The van der Waals surface area contributed by atoms with Gasteiger partial charge in [-0.1, -0.05) is 25.7 Å². The highest BCUT2D eigenvalue weighted by molar-refractivity contribution is 5.77. The molecule has 19 heavy (non-hydrogen) atoms. The van der Waals surface area contributed by atoms with Gasteiger partial charge in [0, 0.05) is 24.9 Å². The van der Waals surface area contributed by atoms with Crippen LogP contribution in [0.3, 0.4) is 0 Å². The third-order valence-corrected chi connectivity index (χ3v) is 3.75. The fourth-order valence-corrected chi connectivity index (χ4v) is 2.62. The molecule has 0 unspecified atom stereocenters. The lowest BCUT2D eigenvalue weighted by Gasteiger charge is -2.22. The van der Waals surface area contributed by atoms with Gasteiger partial charge in [0.2, 0.25) is 5.91 Å². The molecule has 0 aliphatic heterocycles. The van der Waals surface area contributed by atoms with E-state index in [4.69, 9.17) is 10.8 Å². The first-order valence-corrected chi connectivity index (χ1v) is 7.29. The first-order valence-electron chi connectivity index (χ1n) is 7.29. The molecule has 1 amide bonds. The van der Waals surface area contributed by atoms with Crippen molar-refractivity contribution in [2.24, 2.45) is 5.73 Å². The normalized spacial score (nSPS) is 17.3. The molecule has 5 nitrogen and oxygen atoms in total. The Hall–Kier alpha value is -1.10. The second kappa shape index (κ2) is 8.15. The Morgan fingerprint density at radius 1 is 1.11 bits per heavy atom.